The number of ether oxygens (including phenoxy) is 1. The van der Waals surface area contributed by atoms with Crippen LogP contribution in [0.2, 0.25) is 0 Å². The van der Waals surface area contributed by atoms with Gasteiger partial charge in [0.25, 0.3) is 0 Å². The summed E-state index contributed by atoms with van der Waals surface area (Å²) in [5, 5.41) is 22.4. The van der Waals surface area contributed by atoms with E-state index in [1.165, 1.54) is 0 Å². The highest BCUT2D eigenvalue weighted by molar-refractivity contribution is 5.55. The number of aliphatic hydroxyl groups excluding tert-OH is 2. The predicted molar refractivity (Wildman–Crippen MR) is 59.2 cm³/mol. The van der Waals surface area contributed by atoms with E-state index in [4.69, 9.17) is 9.84 Å². The van der Waals surface area contributed by atoms with Crippen molar-refractivity contribution >= 4 is 5.69 Å². The van der Waals surface area contributed by atoms with E-state index in [1.54, 1.807) is 0 Å². The summed E-state index contributed by atoms with van der Waals surface area (Å²) >= 11 is 0. The zero-order chi connectivity index (χ0) is 11.1. The summed E-state index contributed by atoms with van der Waals surface area (Å²) in [5.41, 5.74) is 2.14. The van der Waals surface area contributed by atoms with E-state index in [0.29, 0.717) is 0 Å². The summed E-state index contributed by atoms with van der Waals surface area (Å²) < 4.78 is 5.71. The third kappa shape index (κ3) is 1.42. The molecular formula is C12H15NO3. The van der Waals surface area contributed by atoms with Gasteiger partial charge in [0.15, 0.2) is 0 Å². The van der Waals surface area contributed by atoms with Crippen LogP contribution in [0.15, 0.2) is 24.3 Å². The molecule has 4 heteroatoms. The first-order chi connectivity index (χ1) is 7.79. The Morgan fingerprint density at radius 1 is 1.38 bits per heavy atom. The predicted octanol–water partition coefficient (Wildman–Crippen LogP) is 0.664. The van der Waals surface area contributed by atoms with Crippen molar-refractivity contribution in [2.24, 2.45) is 0 Å². The van der Waals surface area contributed by atoms with Crippen LogP contribution >= 0.6 is 0 Å². The van der Waals surface area contributed by atoms with Crippen molar-refractivity contribution in [1.29, 1.82) is 0 Å². The normalized spacial score (nSPS) is 36.4. The summed E-state index contributed by atoms with van der Waals surface area (Å²) in [6.07, 6.45) is -0.378. The topological polar surface area (TPSA) is 61.7 Å². The molecule has 3 rings (SSSR count). The first kappa shape index (κ1) is 10.1. The number of nitrogens with one attached hydrogen (secondary N) is 1. The van der Waals surface area contributed by atoms with E-state index >= 15 is 0 Å². The number of para-hydroxylation sites is 1. The van der Waals surface area contributed by atoms with Gasteiger partial charge in [0.1, 0.15) is 12.2 Å². The van der Waals surface area contributed by atoms with Crippen molar-refractivity contribution in [3.63, 3.8) is 0 Å². The standard InChI is InChI=1S/C12H15NO3/c14-6-11-12(15)9-5-10(16-11)7-3-1-2-4-8(7)13-9/h1-4,9-15H,5-6H2/t9-,10-,11+,12-/m0/s1. The second kappa shape index (κ2) is 3.73. The van der Waals surface area contributed by atoms with Gasteiger partial charge in [0.2, 0.25) is 0 Å². The van der Waals surface area contributed by atoms with Gasteiger partial charge in [0, 0.05) is 17.7 Å². The average molecular weight is 221 g/mol. The van der Waals surface area contributed by atoms with Gasteiger partial charge in [-0.05, 0) is 6.07 Å². The maximum Gasteiger partial charge on any atom is 0.109 e. The van der Waals surface area contributed by atoms with E-state index in [9.17, 15) is 5.11 Å². The van der Waals surface area contributed by atoms with Crippen LogP contribution in [0, 0.1) is 0 Å². The molecule has 2 aliphatic heterocycles. The number of rotatable bonds is 1. The summed E-state index contributed by atoms with van der Waals surface area (Å²) in [6.45, 7) is -0.141. The highest BCUT2D eigenvalue weighted by atomic mass is 16.5. The van der Waals surface area contributed by atoms with Crippen molar-refractivity contribution < 1.29 is 14.9 Å². The fraction of sp³-hybridized carbons (Fsp3) is 0.500. The van der Waals surface area contributed by atoms with Crippen LogP contribution in [-0.2, 0) is 4.74 Å². The molecule has 0 radical (unpaired) electrons. The minimum atomic E-state index is -0.644. The first-order valence-corrected chi connectivity index (χ1v) is 5.59. The number of aliphatic hydroxyl groups is 2. The second-order valence-electron chi connectivity index (χ2n) is 4.41. The van der Waals surface area contributed by atoms with Crippen LogP contribution in [0.3, 0.4) is 0 Å². The molecule has 2 aliphatic rings. The molecule has 1 fully saturated rings. The third-order valence-electron chi connectivity index (χ3n) is 3.43. The molecule has 0 aromatic heterocycles. The SMILES string of the molecule is OC[C@H]1O[C@H]2C[C@H](Nc3ccccc32)[C@@H]1O. The second-order valence-corrected chi connectivity index (χ2v) is 4.41. The van der Waals surface area contributed by atoms with Gasteiger partial charge in [-0.1, -0.05) is 18.2 Å². The molecule has 1 aromatic carbocycles. The fourth-order valence-electron chi connectivity index (χ4n) is 2.58. The third-order valence-corrected chi connectivity index (χ3v) is 3.43. The fourth-order valence-corrected chi connectivity index (χ4v) is 2.58. The Kier molecular flexibility index (Phi) is 2.35. The molecular weight excluding hydrogens is 206 g/mol. The van der Waals surface area contributed by atoms with Crippen molar-refractivity contribution in [3.05, 3.63) is 29.8 Å². The Morgan fingerprint density at radius 2 is 2.19 bits per heavy atom. The van der Waals surface area contributed by atoms with E-state index in [1.807, 2.05) is 24.3 Å². The highest BCUT2D eigenvalue weighted by Gasteiger charge is 2.41. The van der Waals surface area contributed by atoms with Crippen LogP contribution in [0.4, 0.5) is 5.69 Å². The van der Waals surface area contributed by atoms with Gasteiger partial charge in [-0.15, -0.1) is 0 Å². The number of anilines is 1. The summed E-state index contributed by atoms with van der Waals surface area (Å²) in [6, 6.07) is 7.93. The van der Waals surface area contributed by atoms with E-state index < -0.39 is 12.2 Å². The lowest BCUT2D eigenvalue weighted by atomic mass is 9.87. The quantitative estimate of drug-likeness (QED) is 0.652. The molecule has 1 aromatic rings. The molecule has 0 amide bonds. The summed E-state index contributed by atoms with van der Waals surface area (Å²) in [5.74, 6) is 0. The molecule has 3 N–H and O–H groups in total. The minimum Gasteiger partial charge on any atom is -0.394 e. The largest absolute Gasteiger partial charge is 0.394 e. The number of benzene rings is 1. The minimum absolute atomic E-state index is 0.0111. The highest BCUT2D eigenvalue weighted by Crippen LogP contribution is 2.40. The maximum atomic E-state index is 9.96. The lowest BCUT2D eigenvalue weighted by molar-refractivity contribution is -0.143. The number of fused-ring (bicyclic) bond motifs is 4. The van der Waals surface area contributed by atoms with E-state index in [-0.39, 0.29) is 18.8 Å². The Morgan fingerprint density at radius 3 is 3.00 bits per heavy atom. The van der Waals surface area contributed by atoms with E-state index in [0.717, 1.165) is 17.7 Å². The average Bonchev–Trinajstić information content (AvgIpc) is 2.33. The van der Waals surface area contributed by atoms with Gasteiger partial charge < -0.3 is 20.3 Å². The molecule has 1 saturated heterocycles. The monoisotopic (exact) mass is 221 g/mol. The van der Waals surface area contributed by atoms with Gasteiger partial charge in [0.05, 0.1) is 18.8 Å². The Balaban J connectivity index is 1.97. The molecule has 86 valence electrons. The Labute approximate surface area is 93.9 Å². The van der Waals surface area contributed by atoms with Crippen LogP contribution < -0.4 is 5.32 Å². The van der Waals surface area contributed by atoms with Crippen molar-refractivity contribution in [3.8, 4) is 0 Å². The number of hydrogen-bond acceptors (Lipinski definition) is 4. The molecule has 2 heterocycles. The van der Waals surface area contributed by atoms with Gasteiger partial charge in [-0.25, -0.2) is 0 Å². The van der Waals surface area contributed by atoms with Crippen molar-refractivity contribution in [2.75, 3.05) is 11.9 Å². The number of hydrogen-bond donors (Lipinski definition) is 3. The zero-order valence-corrected chi connectivity index (χ0v) is 8.84. The Bertz CT molecular complexity index is 396. The van der Waals surface area contributed by atoms with Crippen LogP contribution in [0.5, 0.6) is 0 Å². The van der Waals surface area contributed by atoms with Crippen molar-refractivity contribution in [1.82, 2.24) is 0 Å². The van der Waals surface area contributed by atoms with Crippen LogP contribution in [0.25, 0.3) is 0 Å². The smallest absolute Gasteiger partial charge is 0.109 e. The molecule has 16 heavy (non-hydrogen) atoms. The Hall–Kier alpha value is -1.10. The molecule has 0 saturated carbocycles. The van der Waals surface area contributed by atoms with Gasteiger partial charge >= 0.3 is 0 Å². The first-order valence-electron chi connectivity index (χ1n) is 5.59. The molecule has 0 spiro atoms. The summed E-state index contributed by atoms with van der Waals surface area (Å²) in [7, 11) is 0. The van der Waals surface area contributed by atoms with Gasteiger partial charge in [-0.3, -0.25) is 0 Å². The molecule has 4 atom stereocenters. The molecule has 2 bridgehead atoms. The lowest BCUT2D eigenvalue weighted by Gasteiger charge is -2.44. The van der Waals surface area contributed by atoms with Crippen LogP contribution in [0.1, 0.15) is 18.1 Å². The summed E-state index contributed by atoms with van der Waals surface area (Å²) in [4.78, 5) is 0. The van der Waals surface area contributed by atoms with E-state index in [2.05, 4.69) is 5.32 Å². The molecule has 4 nitrogen and oxygen atoms in total. The molecule has 0 unspecified atom stereocenters. The van der Waals surface area contributed by atoms with Gasteiger partial charge in [-0.2, -0.15) is 0 Å². The van der Waals surface area contributed by atoms with Crippen molar-refractivity contribution in [2.45, 2.75) is 30.8 Å². The lowest BCUT2D eigenvalue weighted by Crippen LogP contribution is -2.52. The van der Waals surface area contributed by atoms with Crippen LogP contribution in [-0.4, -0.2) is 35.1 Å². The zero-order valence-electron chi connectivity index (χ0n) is 8.84. The molecule has 0 aliphatic carbocycles. The maximum absolute atomic E-state index is 9.96.